The molecule has 26 heavy (non-hydrogen) atoms. The molecule has 3 N–H and O–H groups in total. The Bertz CT molecular complexity index is 1210. The number of benzene rings is 3. The number of pyridine rings is 1. The summed E-state index contributed by atoms with van der Waals surface area (Å²) in [7, 11) is 0. The van der Waals surface area contributed by atoms with Crippen LogP contribution in [0.4, 0.5) is 11.4 Å². The molecule has 0 unspecified atom stereocenters. The number of hydrogen-bond acceptors (Lipinski definition) is 2. The van der Waals surface area contributed by atoms with E-state index in [1.807, 2.05) is 36.4 Å². The first-order chi connectivity index (χ1) is 12.8. The van der Waals surface area contributed by atoms with Gasteiger partial charge in [-0.1, -0.05) is 42.5 Å². The summed E-state index contributed by atoms with van der Waals surface area (Å²) >= 11 is 0. The molecule has 0 bridgehead atoms. The molecule has 1 aliphatic rings. The molecule has 1 aromatic heterocycles. The largest absolute Gasteiger partial charge is 0.369 e. The first-order valence-electron chi connectivity index (χ1n) is 8.48. The molecule has 0 aliphatic heterocycles. The lowest BCUT2D eigenvalue weighted by molar-refractivity contribution is 1.41. The summed E-state index contributed by atoms with van der Waals surface area (Å²) in [6.07, 6.45) is 6.06. The molecular formula is C22H16N4. The van der Waals surface area contributed by atoms with Crippen molar-refractivity contribution >= 4 is 51.2 Å². The maximum Gasteiger partial charge on any atom is 0.198 e. The average Bonchev–Trinajstić information content (AvgIpc) is 3.09. The van der Waals surface area contributed by atoms with Crippen LogP contribution in [0.15, 0.2) is 71.9 Å². The molecule has 0 spiro atoms. The Morgan fingerprint density at radius 2 is 1.81 bits per heavy atom. The summed E-state index contributed by atoms with van der Waals surface area (Å²) in [5.41, 5.74) is 11.3. The number of aromatic nitrogens is 1. The van der Waals surface area contributed by atoms with E-state index in [2.05, 4.69) is 51.7 Å². The lowest BCUT2D eigenvalue weighted by atomic mass is 10.0. The van der Waals surface area contributed by atoms with E-state index in [-0.39, 0.29) is 0 Å². The van der Waals surface area contributed by atoms with E-state index in [0.29, 0.717) is 5.96 Å². The fraction of sp³-hybridized carbons (Fsp3) is 0. The molecule has 4 nitrogen and oxygen atoms in total. The highest BCUT2D eigenvalue weighted by atomic mass is 15.1. The molecule has 4 heteroatoms. The molecule has 124 valence electrons. The van der Waals surface area contributed by atoms with E-state index >= 15 is 0 Å². The van der Waals surface area contributed by atoms with Crippen LogP contribution in [0.2, 0.25) is 0 Å². The Labute approximate surface area is 150 Å². The summed E-state index contributed by atoms with van der Waals surface area (Å²) in [4.78, 5) is 8.94. The number of nitrogens with zero attached hydrogens (tertiary/aromatic N) is 2. The van der Waals surface area contributed by atoms with E-state index in [0.717, 1.165) is 27.7 Å². The van der Waals surface area contributed by atoms with Crippen LogP contribution in [0, 0.1) is 0 Å². The Hall–Kier alpha value is -3.66. The molecule has 1 aliphatic carbocycles. The normalized spacial score (nSPS) is 12.8. The van der Waals surface area contributed by atoms with Gasteiger partial charge in [-0.25, -0.2) is 4.99 Å². The minimum absolute atomic E-state index is 0.361. The Morgan fingerprint density at radius 3 is 2.73 bits per heavy atom. The van der Waals surface area contributed by atoms with Gasteiger partial charge in [-0.15, -0.1) is 0 Å². The van der Waals surface area contributed by atoms with Crippen molar-refractivity contribution in [1.82, 2.24) is 4.98 Å². The van der Waals surface area contributed by atoms with Crippen molar-refractivity contribution in [3.8, 4) is 0 Å². The predicted octanol–water partition coefficient (Wildman–Crippen LogP) is 4.93. The highest BCUT2D eigenvalue weighted by Crippen LogP contribution is 2.36. The zero-order valence-electron chi connectivity index (χ0n) is 14.0. The zero-order valence-corrected chi connectivity index (χ0v) is 14.0. The highest BCUT2D eigenvalue weighted by Gasteiger charge is 2.11. The number of guanidine groups is 1. The van der Waals surface area contributed by atoms with Gasteiger partial charge in [-0.3, -0.25) is 4.98 Å². The minimum Gasteiger partial charge on any atom is -0.369 e. The van der Waals surface area contributed by atoms with Gasteiger partial charge in [0, 0.05) is 22.7 Å². The second kappa shape index (κ2) is 5.70. The van der Waals surface area contributed by atoms with E-state index in [1.54, 1.807) is 6.20 Å². The second-order valence-corrected chi connectivity index (χ2v) is 6.31. The zero-order chi connectivity index (χ0) is 17.5. The van der Waals surface area contributed by atoms with Crippen LogP contribution >= 0.6 is 0 Å². The third-order valence-electron chi connectivity index (χ3n) is 4.64. The standard InChI is InChI=1S/C22H16N4/c23-22(25-17-9-11-19-16(13-17)4-2-12-24-19)26-20-10-8-15-7-6-14-3-1-5-18(20)21(14)15/h1-13H,(H3,23,25,26). The SMILES string of the molecule is NC(=Nc1ccc2c3c(cccc13)C=C2)Nc1ccc2ncccc2c1. The number of aliphatic imine (C=N–C) groups is 1. The van der Waals surface area contributed by atoms with Crippen molar-refractivity contribution < 1.29 is 0 Å². The van der Waals surface area contributed by atoms with Crippen molar-refractivity contribution in [3.05, 3.63) is 78.0 Å². The predicted molar refractivity (Wildman–Crippen MR) is 110 cm³/mol. The molecule has 0 radical (unpaired) electrons. The van der Waals surface area contributed by atoms with Crippen LogP contribution in [-0.2, 0) is 0 Å². The smallest absolute Gasteiger partial charge is 0.198 e. The van der Waals surface area contributed by atoms with Gasteiger partial charge in [0.1, 0.15) is 0 Å². The minimum atomic E-state index is 0.361. The number of hydrogen-bond donors (Lipinski definition) is 2. The monoisotopic (exact) mass is 336 g/mol. The van der Waals surface area contributed by atoms with Crippen LogP contribution in [0.1, 0.15) is 11.1 Å². The number of rotatable bonds is 2. The maximum atomic E-state index is 6.17. The van der Waals surface area contributed by atoms with E-state index < -0.39 is 0 Å². The number of nitrogens with one attached hydrogen (secondary N) is 1. The molecule has 3 aromatic carbocycles. The number of nitrogens with two attached hydrogens (primary N) is 1. The molecule has 0 amide bonds. The summed E-state index contributed by atoms with van der Waals surface area (Å²) in [5, 5.41) is 6.58. The first-order valence-corrected chi connectivity index (χ1v) is 8.48. The third-order valence-corrected chi connectivity index (χ3v) is 4.64. The van der Waals surface area contributed by atoms with Gasteiger partial charge < -0.3 is 11.1 Å². The van der Waals surface area contributed by atoms with E-state index in [4.69, 9.17) is 5.73 Å². The highest BCUT2D eigenvalue weighted by molar-refractivity contribution is 6.10. The van der Waals surface area contributed by atoms with Crippen molar-refractivity contribution in [2.45, 2.75) is 0 Å². The molecule has 0 fully saturated rings. The van der Waals surface area contributed by atoms with E-state index in [1.165, 1.54) is 16.5 Å². The molecular weight excluding hydrogens is 320 g/mol. The molecule has 4 aromatic rings. The van der Waals surface area contributed by atoms with Gasteiger partial charge in [-0.2, -0.15) is 0 Å². The Kier molecular flexibility index (Phi) is 3.22. The molecule has 0 saturated heterocycles. The van der Waals surface area contributed by atoms with E-state index in [9.17, 15) is 0 Å². The van der Waals surface area contributed by atoms with Crippen molar-refractivity contribution in [3.63, 3.8) is 0 Å². The van der Waals surface area contributed by atoms with Crippen LogP contribution in [-0.4, -0.2) is 10.9 Å². The summed E-state index contributed by atoms with van der Waals surface area (Å²) < 4.78 is 0. The summed E-state index contributed by atoms with van der Waals surface area (Å²) in [6.45, 7) is 0. The summed E-state index contributed by atoms with van der Waals surface area (Å²) in [6, 6.07) is 20.2. The second-order valence-electron chi connectivity index (χ2n) is 6.31. The lowest BCUT2D eigenvalue weighted by Gasteiger charge is -2.09. The topological polar surface area (TPSA) is 63.3 Å². The fourth-order valence-electron chi connectivity index (χ4n) is 3.46. The van der Waals surface area contributed by atoms with Gasteiger partial charge in [0.2, 0.25) is 0 Å². The number of fused-ring (bicyclic) bond motifs is 1. The van der Waals surface area contributed by atoms with Crippen LogP contribution in [0.5, 0.6) is 0 Å². The van der Waals surface area contributed by atoms with Gasteiger partial charge >= 0.3 is 0 Å². The quantitative estimate of drug-likeness (QED) is 0.355. The van der Waals surface area contributed by atoms with Crippen LogP contribution in [0.25, 0.3) is 33.8 Å². The molecule has 1 heterocycles. The van der Waals surface area contributed by atoms with Crippen molar-refractivity contribution in [2.24, 2.45) is 10.7 Å². The molecule has 0 atom stereocenters. The van der Waals surface area contributed by atoms with Gasteiger partial charge in [0.25, 0.3) is 0 Å². The van der Waals surface area contributed by atoms with Gasteiger partial charge in [0.15, 0.2) is 5.96 Å². The summed E-state index contributed by atoms with van der Waals surface area (Å²) in [5.74, 6) is 0.361. The van der Waals surface area contributed by atoms with Gasteiger partial charge in [0.05, 0.1) is 11.2 Å². The first kappa shape index (κ1) is 14.7. The Morgan fingerprint density at radius 1 is 0.923 bits per heavy atom. The van der Waals surface area contributed by atoms with Crippen molar-refractivity contribution in [1.29, 1.82) is 0 Å². The number of anilines is 1. The van der Waals surface area contributed by atoms with Gasteiger partial charge in [-0.05, 0) is 46.8 Å². The lowest BCUT2D eigenvalue weighted by Crippen LogP contribution is -2.21. The third kappa shape index (κ3) is 2.40. The Balaban J connectivity index is 1.51. The van der Waals surface area contributed by atoms with Crippen LogP contribution in [0.3, 0.4) is 0 Å². The maximum absolute atomic E-state index is 6.17. The average molecular weight is 336 g/mol. The molecule has 5 rings (SSSR count). The molecule has 0 saturated carbocycles. The van der Waals surface area contributed by atoms with Crippen molar-refractivity contribution in [2.75, 3.05) is 5.32 Å². The fourth-order valence-corrected chi connectivity index (χ4v) is 3.46. The van der Waals surface area contributed by atoms with Crippen LogP contribution < -0.4 is 11.1 Å².